The summed E-state index contributed by atoms with van der Waals surface area (Å²) in [7, 11) is 0. The van der Waals surface area contributed by atoms with E-state index in [1.807, 2.05) is 6.07 Å². The van der Waals surface area contributed by atoms with Crippen LogP contribution >= 0.6 is 46.9 Å². The lowest BCUT2D eigenvalue weighted by molar-refractivity contribution is -0.137. The summed E-state index contributed by atoms with van der Waals surface area (Å²) in [5.41, 5.74) is -0.337. The van der Waals surface area contributed by atoms with Crippen LogP contribution in [0.1, 0.15) is 22.0 Å². The molecule has 2 aromatic rings. The molecule has 0 bridgehead atoms. The predicted molar refractivity (Wildman–Crippen MR) is 99.3 cm³/mol. The molecule has 0 amide bonds. The van der Waals surface area contributed by atoms with Gasteiger partial charge in [-0.25, -0.2) is 0 Å². The lowest BCUT2D eigenvalue weighted by Gasteiger charge is -2.35. The molecule has 1 N–H and O–H groups in total. The Kier molecular flexibility index (Phi) is 7.04. The molecule has 0 saturated carbocycles. The number of nitrogens with zero attached hydrogens (tertiary/aromatic N) is 1. The summed E-state index contributed by atoms with van der Waals surface area (Å²) in [5.74, 6) is 0. The molecule has 9 heteroatoms. The number of piperazine rings is 1. The number of hydrogen-bond acceptors (Lipinski definition) is 3. The van der Waals surface area contributed by atoms with Gasteiger partial charge >= 0.3 is 6.18 Å². The molecule has 0 unspecified atom stereocenters. The van der Waals surface area contributed by atoms with Gasteiger partial charge in [-0.05, 0) is 23.8 Å². The van der Waals surface area contributed by atoms with Crippen LogP contribution in [-0.2, 0) is 6.18 Å². The zero-order valence-electron chi connectivity index (χ0n) is 12.9. The topological polar surface area (TPSA) is 15.3 Å². The summed E-state index contributed by atoms with van der Waals surface area (Å²) in [6, 6.07) is 7.38. The van der Waals surface area contributed by atoms with Crippen LogP contribution in [0.5, 0.6) is 0 Å². The normalized spacial score (nSPS) is 17.2. The lowest BCUT2D eigenvalue weighted by atomic mass is 10.00. The molecule has 1 aromatic carbocycles. The Morgan fingerprint density at radius 1 is 1.08 bits per heavy atom. The first kappa shape index (κ1) is 20.8. The van der Waals surface area contributed by atoms with Crippen molar-refractivity contribution in [1.82, 2.24) is 10.2 Å². The highest BCUT2D eigenvalue weighted by molar-refractivity contribution is 7.16. The van der Waals surface area contributed by atoms with Gasteiger partial charge in [-0.1, -0.05) is 35.3 Å². The van der Waals surface area contributed by atoms with Gasteiger partial charge in [0.1, 0.15) is 0 Å². The molecule has 1 aliphatic rings. The van der Waals surface area contributed by atoms with Gasteiger partial charge in [0.15, 0.2) is 0 Å². The van der Waals surface area contributed by atoms with E-state index in [-0.39, 0.29) is 23.5 Å². The third-order valence-corrected chi connectivity index (χ3v) is 5.71. The molecule has 1 aliphatic heterocycles. The van der Waals surface area contributed by atoms with Crippen molar-refractivity contribution in [1.29, 1.82) is 0 Å². The second kappa shape index (κ2) is 8.46. The molecule has 138 valence electrons. The molecular formula is C16H16Cl3F3N2S. The SMILES string of the molecule is Cl.FC(F)(F)c1cccc([C@H](c2ccc(Cl)s2)N2CCNCC2)c1Cl. The molecule has 0 radical (unpaired) electrons. The smallest absolute Gasteiger partial charge is 0.314 e. The van der Waals surface area contributed by atoms with Gasteiger partial charge in [-0.15, -0.1) is 23.7 Å². The zero-order chi connectivity index (χ0) is 17.3. The minimum atomic E-state index is -4.48. The quantitative estimate of drug-likeness (QED) is 0.691. The molecule has 0 spiro atoms. The monoisotopic (exact) mass is 430 g/mol. The maximum absolute atomic E-state index is 13.2. The Morgan fingerprint density at radius 3 is 2.32 bits per heavy atom. The molecule has 3 rings (SSSR count). The van der Waals surface area contributed by atoms with Crippen LogP contribution < -0.4 is 5.32 Å². The fourth-order valence-corrected chi connectivity index (χ4v) is 4.48. The highest BCUT2D eigenvalue weighted by atomic mass is 35.5. The van der Waals surface area contributed by atoms with E-state index in [1.165, 1.54) is 17.4 Å². The molecule has 1 saturated heterocycles. The van der Waals surface area contributed by atoms with Crippen molar-refractivity contribution in [3.63, 3.8) is 0 Å². The summed E-state index contributed by atoms with van der Waals surface area (Å²) in [4.78, 5) is 3.03. The molecule has 2 heterocycles. The largest absolute Gasteiger partial charge is 0.417 e. The average Bonchev–Trinajstić information content (AvgIpc) is 2.95. The molecule has 2 nitrogen and oxygen atoms in total. The van der Waals surface area contributed by atoms with E-state index in [4.69, 9.17) is 23.2 Å². The molecule has 1 atom stereocenters. The van der Waals surface area contributed by atoms with Crippen molar-refractivity contribution in [2.24, 2.45) is 0 Å². The Hall–Kier alpha value is -0.500. The van der Waals surface area contributed by atoms with E-state index in [2.05, 4.69) is 10.2 Å². The van der Waals surface area contributed by atoms with Gasteiger partial charge in [-0.3, -0.25) is 4.90 Å². The van der Waals surface area contributed by atoms with Gasteiger partial charge in [0.2, 0.25) is 0 Å². The predicted octanol–water partition coefficient (Wildman–Crippen LogP) is 5.49. The van der Waals surface area contributed by atoms with Crippen LogP contribution in [0, 0.1) is 0 Å². The summed E-state index contributed by atoms with van der Waals surface area (Å²) in [5, 5.41) is 3.01. The van der Waals surface area contributed by atoms with Crippen molar-refractivity contribution < 1.29 is 13.2 Å². The zero-order valence-corrected chi connectivity index (χ0v) is 16.1. The van der Waals surface area contributed by atoms with Crippen LogP contribution in [-0.4, -0.2) is 31.1 Å². The summed E-state index contributed by atoms with van der Waals surface area (Å²) in [6.45, 7) is 3.03. The number of rotatable bonds is 3. The van der Waals surface area contributed by atoms with Crippen molar-refractivity contribution in [3.8, 4) is 0 Å². The van der Waals surface area contributed by atoms with E-state index in [1.54, 1.807) is 12.1 Å². The van der Waals surface area contributed by atoms with E-state index in [9.17, 15) is 13.2 Å². The number of halogens is 6. The van der Waals surface area contributed by atoms with E-state index in [0.717, 1.165) is 37.1 Å². The number of alkyl halides is 3. The maximum Gasteiger partial charge on any atom is 0.417 e. The summed E-state index contributed by atoms with van der Waals surface area (Å²) >= 11 is 13.6. The highest BCUT2D eigenvalue weighted by Crippen LogP contribution is 2.43. The lowest BCUT2D eigenvalue weighted by Crippen LogP contribution is -2.45. The number of thiophene rings is 1. The second-order valence-corrected chi connectivity index (χ2v) is 7.66. The van der Waals surface area contributed by atoms with E-state index in [0.29, 0.717) is 9.90 Å². The van der Waals surface area contributed by atoms with Gasteiger partial charge in [0.25, 0.3) is 0 Å². The number of nitrogens with one attached hydrogen (secondary N) is 1. The Bertz CT molecular complexity index is 715. The molecular weight excluding hydrogens is 416 g/mol. The van der Waals surface area contributed by atoms with Gasteiger partial charge in [0, 0.05) is 31.1 Å². The fourth-order valence-electron chi connectivity index (χ4n) is 2.93. The third-order valence-electron chi connectivity index (χ3n) is 4.01. The first-order valence-electron chi connectivity index (χ1n) is 7.43. The van der Waals surface area contributed by atoms with Gasteiger partial charge < -0.3 is 5.32 Å². The van der Waals surface area contributed by atoms with Crippen LogP contribution in [0.2, 0.25) is 9.36 Å². The van der Waals surface area contributed by atoms with Gasteiger partial charge in [-0.2, -0.15) is 13.2 Å². The summed E-state index contributed by atoms with van der Waals surface area (Å²) in [6.07, 6.45) is -4.48. The van der Waals surface area contributed by atoms with Crippen LogP contribution in [0.4, 0.5) is 13.2 Å². The molecule has 25 heavy (non-hydrogen) atoms. The fraction of sp³-hybridized carbons (Fsp3) is 0.375. The minimum Gasteiger partial charge on any atom is -0.314 e. The van der Waals surface area contributed by atoms with Crippen LogP contribution in [0.15, 0.2) is 30.3 Å². The summed E-state index contributed by atoms with van der Waals surface area (Å²) < 4.78 is 40.2. The van der Waals surface area contributed by atoms with Crippen LogP contribution in [0.25, 0.3) is 0 Å². The Morgan fingerprint density at radius 2 is 1.76 bits per heavy atom. The Balaban J connectivity index is 0.00000225. The van der Waals surface area contributed by atoms with Crippen LogP contribution in [0.3, 0.4) is 0 Å². The maximum atomic E-state index is 13.2. The number of benzene rings is 1. The average molecular weight is 432 g/mol. The Labute approximate surface area is 164 Å². The van der Waals surface area contributed by atoms with Crippen molar-refractivity contribution in [2.75, 3.05) is 26.2 Å². The minimum absolute atomic E-state index is 0. The molecule has 1 aromatic heterocycles. The van der Waals surface area contributed by atoms with E-state index >= 15 is 0 Å². The highest BCUT2D eigenvalue weighted by Gasteiger charge is 2.36. The molecule has 1 fully saturated rings. The first-order valence-corrected chi connectivity index (χ1v) is 9.01. The second-order valence-electron chi connectivity index (χ2n) is 5.54. The third kappa shape index (κ3) is 4.62. The number of hydrogen-bond donors (Lipinski definition) is 1. The van der Waals surface area contributed by atoms with Crippen molar-refractivity contribution in [3.05, 3.63) is 55.7 Å². The van der Waals surface area contributed by atoms with Crippen molar-refractivity contribution >= 4 is 46.9 Å². The first-order chi connectivity index (χ1) is 11.4. The van der Waals surface area contributed by atoms with Crippen molar-refractivity contribution in [2.45, 2.75) is 12.2 Å². The standard InChI is InChI=1S/C16H15Cl2F3N2S.ClH/c17-13-5-4-12(24-13)15(23-8-6-22-7-9-23)10-2-1-3-11(14(10)18)16(19,20)21;/h1-5,15,22H,6-9H2;1H/t15-;/m1./s1. The van der Waals surface area contributed by atoms with E-state index < -0.39 is 11.7 Å². The molecule has 0 aliphatic carbocycles. The van der Waals surface area contributed by atoms with Gasteiger partial charge in [0.05, 0.1) is 21.0 Å².